The smallest absolute Gasteiger partial charge is 0.140 e. The molecular weight excluding hydrogens is 390 g/mol. The molecule has 1 heterocycles. The van der Waals surface area contributed by atoms with Crippen molar-refractivity contribution >= 4 is 5.69 Å². The van der Waals surface area contributed by atoms with Crippen LogP contribution in [0.3, 0.4) is 0 Å². The highest BCUT2D eigenvalue weighted by Crippen LogP contribution is 2.41. The van der Waals surface area contributed by atoms with Gasteiger partial charge in [-0.2, -0.15) is 0 Å². The number of para-hydroxylation sites is 1. The third-order valence-corrected chi connectivity index (χ3v) is 5.82. The summed E-state index contributed by atoms with van der Waals surface area (Å²) in [5.41, 5.74) is 5.67. The van der Waals surface area contributed by atoms with Crippen molar-refractivity contribution < 1.29 is 4.42 Å². The molecule has 0 bridgehead atoms. The molecule has 0 saturated heterocycles. The van der Waals surface area contributed by atoms with Crippen LogP contribution in [0.25, 0.3) is 22.6 Å². The lowest BCUT2D eigenvalue weighted by Crippen LogP contribution is -2.25. The zero-order valence-corrected chi connectivity index (χ0v) is 18.1. The first-order valence-corrected chi connectivity index (χ1v) is 10.9. The van der Waals surface area contributed by atoms with Crippen LogP contribution >= 0.6 is 0 Å². The molecule has 32 heavy (non-hydrogen) atoms. The molecule has 0 fully saturated rings. The molecule has 1 unspecified atom stereocenters. The SMILES string of the molecule is CN(c1ccccc1)C(c1ccccc1)c1cc(-c2ccccc2)oc1-c1ccccc1. The van der Waals surface area contributed by atoms with Gasteiger partial charge in [-0.1, -0.05) is 109 Å². The van der Waals surface area contributed by atoms with E-state index in [4.69, 9.17) is 4.42 Å². The molecule has 5 aromatic rings. The van der Waals surface area contributed by atoms with Crippen LogP contribution < -0.4 is 4.90 Å². The molecule has 4 aromatic carbocycles. The molecule has 0 radical (unpaired) electrons. The molecular formula is C30H25NO. The van der Waals surface area contributed by atoms with Gasteiger partial charge in [0.25, 0.3) is 0 Å². The second-order valence-electron chi connectivity index (χ2n) is 7.89. The minimum atomic E-state index is -0.00461. The van der Waals surface area contributed by atoms with Crippen LogP contribution in [0.1, 0.15) is 17.2 Å². The van der Waals surface area contributed by atoms with E-state index in [1.807, 2.05) is 24.3 Å². The molecule has 5 rings (SSSR count). The third kappa shape index (κ3) is 3.95. The van der Waals surface area contributed by atoms with E-state index in [9.17, 15) is 0 Å². The maximum atomic E-state index is 6.55. The van der Waals surface area contributed by atoms with Gasteiger partial charge in [-0.3, -0.25) is 0 Å². The number of furan rings is 1. The van der Waals surface area contributed by atoms with Crippen LogP contribution in [-0.4, -0.2) is 7.05 Å². The van der Waals surface area contributed by atoms with Crippen molar-refractivity contribution in [3.8, 4) is 22.6 Å². The van der Waals surface area contributed by atoms with Crippen molar-refractivity contribution in [2.75, 3.05) is 11.9 Å². The minimum Gasteiger partial charge on any atom is -0.456 e. The number of benzene rings is 4. The van der Waals surface area contributed by atoms with Crippen molar-refractivity contribution in [1.82, 2.24) is 0 Å². The lowest BCUT2D eigenvalue weighted by atomic mass is 9.94. The molecule has 0 N–H and O–H groups in total. The number of nitrogens with zero attached hydrogens (tertiary/aromatic N) is 1. The second-order valence-corrected chi connectivity index (χ2v) is 7.89. The fourth-order valence-corrected chi connectivity index (χ4v) is 4.23. The summed E-state index contributed by atoms with van der Waals surface area (Å²) in [4.78, 5) is 2.32. The first kappa shape index (κ1) is 19.9. The zero-order valence-electron chi connectivity index (χ0n) is 18.1. The van der Waals surface area contributed by atoms with Gasteiger partial charge in [0.2, 0.25) is 0 Å². The Morgan fingerprint density at radius 1 is 0.594 bits per heavy atom. The summed E-state index contributed by atoms with van der Waals surface area (Å²) in [6, 6.07) is 44.0. The Bertz CT molecular complexity index is 1260. The Morgan fingerprint density at radius 2 is 1.09 bits per heavy atom. The van der Waals surface area contributed by atoms with E-state index in [2.05, 4.69) is 115 Å². The van der Waals surface area contributed by atoms with Gasteiger partial charge in [0, 0.05) is 29.4 Å². The Kier molecular flexibility index (Phi) is 5.59. The molecule has 0 amide bonds. The molecule has 0 aliphatic rings. The lowest BCUT2D eigenvalue weighted by Gasteiger charge is -2.30. The van der Waals surface area contributed by atoms with E-state index in [0.717, 1.165) is 33.9 Å². The van der Waals surface area contributed by atoms with E-state index in [1.165, 1.54) is 5.56 Å². The average molecular weight is 416 g/mol. The van der Waals surface area contributed by atoms with Crippen LogP contribution in [-0.2, 0) is 0 Å². The van der Waals surface area contributed by atoms with Crippen LogP contribution in [0.5, 0.6) is 0 Å². The van der Waals surface area contributed by atoms with Crippen molar-refractivity contribution in [3.05, 3.63) is 139 Å². The summed E-state index contributed by atoms with van der Waals surface area (Å²) in [6.45, 7) is 0. The van der Waals surface area contributed by atoms with Gasteiger partial charge in [-0.15, -0.1) is 0 Å². The van der Waals surface area contributed by atoms with Crippen LogP contribution in [0.15, 0.2) is 132 Å². The fraction of sp³-hybridized carbons (Fsp3) is 0.0667. The second kappa shape index (κ2) is 8.99. The van der Waals surface area contributed by atoms with Crippen LogP contribution in [0, 0.1) is 0 Å². The molecule has 0 saturated carbocycles. The highest BCUT2D eigenvalue weighted by atomic mass is 16.3. The van der Waals surface area contributed by atoms with Gasteiger partial charge >= 0.3 is 0 Å². The van der Waals surface area contributed by atoms with Gasteiger partial charge in [0.15, 0.2) is 0 Å². The summed E-state index contributed by atoms with van der Waals surface area (Å²) in [6.07, 6.45) is 0. The Hall–Kier alpha value is -4.04. The fourth-order valence-electron chi connectivity index (χ4n) is 4.23. The van der Waals surface area contributed by atoms with Crippen molar-refractivity contribution in [2.45, 2.75) is 6.04 Å². The van der Waals surface area contributed by atoms with Crippen molar-refractivity contribution in [2.24, 2.45) is 0 Å². The average Bonchev–Trinajstić information content (AvgIpc) is 3.31. The first-order chi connectivity index (χ1) is 15.8. The quantitative estimate of drug-likeness (QED) is 0.281. The van der Waals surface area contributed by atoms with E-state index in [0.29, 0.717) is 0 Å². The summed E-state index contributed by atoms with van der Waals surface area (Å²) in [7, 11) is 2.15. The van der Waals surface area contributed by atoms with Gasteiger partial charge < -0.3 is 9.32 Å². The topological polar surface area (TPSA) is 16.4 Å². The number of anilines is 1. The molecule has 2 heteroatoms. The highest BCUT2D eigenvalue weighted by molar-refractivity contribution is 5.71. The maximum absolute atomic E-state index is 6.55. The van der Waals surface area contributed by atoms with Crippen LogP contribution in [0.2, 0.25) is 0 Å². The van der Waals surface area contributed by atoms with Crippen molar-refractivity contribution in [3.63, 3.8) is 0 Å². The van der Waals surface area contributed by atoms with Crippen LogP contribution in [0.4, 0.5) is 5.69 Å². The predicted octanol–water partition coefficient (Wildman–Crippen LogP) is 7.84. The van der Waals surface area contributed by atoms with Gasteiger partial charge in [0.1, 0.15) is 11.5 Å². The summed E-state index contributed by atoms with van der Waals surface area (Å²) in [5.74, 6) is 1.78. The molecule has 2 nitrogen and oxygen atoms in total. The molecule has 1 atom stereocenters. The van der Waals surface area contributed by atoms with E-state index in [-0.39, 0.29) is 6.04 Å². The Labute approximate surface area is 189 Å². The molecule has 156 valence electrons. The molecule has 0 aliphatic heterocycles. The molecule has 0 aliphatic carbocycles. The van der Waals surface area contributed by atoms with E-state index < -0.39 is 0 Å². The third-order valence-electron chi connectivity index (χ3n) is 5.82. The monoisotopic (exact) mass is 415 g/mol. The number of hydrogen-bond acceptors (Lipinski definition) is 2. The Morgan fingerprint density at radius 3 is 1.69 bits per heavy atom. The summed E-state index contributed by atoms with van der Waals surface area (Å²) < 4.78 is 6.55. The van der Waals surface area contributed by atoms with E-state index >= 15 is 0 Å². The molecule has 0 spiro atoms. The predicted molar refractivity (Wildman–Crippen MR) is 133 cm³/mol. The highest BCUT2D eigenvalue weighted by Gasteiger charge is 2.27. The summed E-state index contributed by atoms with van der Waals surface area (Å²) in [5, 5.41) is 0. The van der Waals surface area contributed by atoms with Gasteiger partial charge in [-0.05, 0) is 23.8 Å². The normalized spacial score (nSPS) is 11.8. The van der Waals surface area contributed by atoms with E-state index in [1.54, 1.807) is 0 Å². The maximum Gasteiger partial charge on any atom is 0.140 e. The largest absolute Gasteiger partial charge is 0.456 e. The molecule has 1 aromatic heterocycles. The zero-order chi connectivity index (χ0) is 21.8. The Balaban J connectivity index is 1.72. The van der Waals surface area contributed by atoms with Gasteiger partial charge in [0.05, 0.1) is 6.04 Å². The standard InChI is InChI=1S/C30H25NO/c1-31(26-20-12-5-13-21-26)29(24-16-8-3-9-17-24)27-22-28(23-14-6-2-7-15-23)32-30(27)25-18-10-4-11-19-25/h2-22,29H,1H3. The first-order valence-electron chi connectivity index (χ1n) is 10.9. The van der Waals surface area contributed by atoms with Crippen molar-refractivity contribution in [1.29, 1.82) is 0 Å². The lowest BCUT2D eigenvalue weighted by molar-refractivity contribution is 0.591. The number of rotatable bonds is 6. The number of hydrogen-bond donors (Lipinski definition) is 0. The van der Waals surface area contributed by atoms with Gasteiger partial charge in [-0.25, -0.2) is 0 Å². The summed E-state index contributed by atoms with van der Waals surface area (Å²) >= 11 is 0. The minimum absolute atomic E-state index is 0.00461.